The van der Waals surface area contributed by atoms with Gasteiger partial charge in [0, 0.05) is 11.3 Å². The molecule has 1 saturated heterocycles. The molecule has 2 aliphatic carbocycles. The number of fused-ring (bicyclic) bond motifs is 1. The van der Waals surface area contributed by atoms with Gasteiger partial charge < -0.3 is 15.5 Å². The highest BCUT2D eigenvalue weighted by Crippen LogP contribution is 2.56. The standard InChI is InChI=1S/C24H33NO4/c1-5-6-7-8-17-11-10-16-13-14(2)9-12-18(16)24(17,4)22(28)19-21(27)20(15(3)26)25-23(19)29/h5-8,10-11,14-18,20,26,28H,9,12-13H2,1-4H3,(H,25,29)/b6-5+,8-7+,22-19-. The molecule has 0 aromatic heterocycles. The lowest BCUT2D eigenvalue weighted by Gasteiger charge is -2.50. The molecule has 5 nitrogen and oxygen atoms in total. The number of rotatable bonds is 4. The summed E-state index contributed by atoms with van der Waals surface area (Å²) in [6, 6.07) is -0.999. The fraction of sp³-hybridized carbons (Fsp3) is 0.583. The highest BCUT2D eigenvalue weighted by molar-refractivity contribution is 6.27. The van der Waals surface area contributed by atoms with Gasteiger partial charge in [-0.3, -0.25) is 9.59 Å². The van der Waals surface area contributed by atoms with E-state index in [1.54, 1.807) is 0 Å². The maximum Gasteiger partial charge on any atom is 0.259 e. The number of carbonyl (C=O) groups is 2. The van der Waals surface area contributed by atoms with Crippen molar-refractivity contribution >= 4 is 11.7 Å². The molecule has 1 aliphatic heterocycles. The van der Waals surface area contributed by atoms with E-state index in [0.717, 1.165) is 19.3 Å². The lowest BCUT2D eigenvalue weighted by Crippen LogP contribution is -2.45. The summed E-state index contributed by atoms with van der Waals surface area (Å²) in [6.45, 7) is 7.64. The largest absolute Gasteiger partial charge is 0.511 e. The van der Waals surface area contributed by atoms with Gasteiger partial charge in [0.05, 0.1) is 6.10 Å². The molecule has 29 heavy (non-hydrogen) atoms. The first-order chi connectivity index (χ1) is 13.7. The molecule has 1 heterocycles. The lowest BCUT2D eigenvalue weighted by atomic mass is 9.54. The Kier molecular flexibility index (Phi) is 6.18. The summed E-state index contributed by atoms with van der Waals surface area (Å²) in [5.74, 6) is -0.306. The molecule has 7 atom stereocenters. The van der Waals surface area contributed by atoms with Crippen LogP contribution in [-0.2, 0) is 9.59 Å². The first-order valence-electron chi connectivity index (χ1n) is 10.7. The smallest absolute Gasteiger partial charge is 0.259 e. The van der Waals surface area contributed by atoms with E-state index in [4.69, 9.17) is 0 Å². The summed E-state index contributed by atoms with van der Waals surface area (Å²) < 4.78 is 0. The van der Waals surface area contributed by atoms with E-state index in [-0.39, 0.29) is 23.2 Å². The van der Waals surface area contributed by atoms with Crippen molar-refractivity contribution in [2.45, 2.75) is 59.1 Å². The normalized spacial score (nSPS) is 40.4. The van der Waals surface area contributed by atoms with Crippen LogP contribution in [0.2, 0.25) is 0 Å². The number of allylic oxidation sites excluding steroid dienone is 7. The van der Waals surface area contributed by atoms with Gasteiger partial charge in [-0.25, -0.2) is 0 Å². The van der Waals surface area contributed by atoms with E-state index in [0.29, 0.717) is 11.8 Å². The fourth-order valence-corrected chi connectivity index (χ4v) is 5.36. The van der Waals surface area contributed by atoms with Crippen LogP contribution in [0.25, 0.3) is 0 Å². The highest BCUT2D eigenvalue weighted by Gasteiger charge is 2.53. The first kappa shape index (κ1) is 21.6. The third-order valence-corrected chi connectivity index (χ3v) is 7.08. The van der Waals surface area contributed by atoms with E-state index < -0.39 is 29.3 Å². The molecule has 1 saturated carbocycles. The number of aliphatic hydroxyl groups is 2. The molecule has 1 amide bonds. The van der Waals surface area contributed by atoms with Gasteiger partial charge in [-0.15, -0.1) is 0 Å². The van der Waals surface area contributed by atoms with Gasteiger partial charge in [0.1, 0.15) is 17.4 Å². The van der Waals surface area contributed by atoms with Crippen LogP contribution in [0.4, 0.5) is 0 Å². The minimum absolute atomic E-state index is 0.132. The summed E-state index contributed by atoms with van der Waals surface area (Å²) in [5.41, 5.74) is -0.941. The van der Waals surface area contributed by atoms with Crippen molar-refractivity contribution in [2.75, 3.05) is 0 Å². The zero-order valence-electron chi connectivity index (χ0n) is 17.8. The number of nitrogens with one attached hydrogen (secondary N) is 1. The Morgan fingerprint density at radius 2 is 2.00 bits per heavy atom. The summed E-state index contributed by atoms with van der Waals surface area (Å²) in [7, 11) is 0. The average molecular weight is 400 g/mol. The Bertz CT molecular complexity index is 791. The van der Waals surface area contributed by atoms with Gasteiger partial charge in [0.2, 0.25) is 0 Å². The molecular formula is C24H33NO4. The lowest BCUT2D eigenvalue weighted by molar-refractivity contribution is -0.118. The summed E-state index contributed by atoms with van der Waals surface area (Å²) in [6.07, 6.45) is 14.2. The average Bonchev–Trinajstić information content (AvgIpc) is 2.97. The molecule has 3 rings (SSSR count). The predicted molar refractivity (Wildman–Crippen MR) is 113 cm³/mol. The Balaban J connectivity index is 2.11. The summed E-state index contributed by atoms with van der Waals surface area (Å²) >= 11 is 0. The second kappa shape index (κ2) is 8.31. The molecule has 158 valence electrons. The fourth-order valence-electron chi connectivity index (χ4n) is 5.36. The van der Waals surface area contributed by atoms with Crippen molar-refractivity contribution in [3.63, 3.8) is 0 Å². The second-order valence-corrected chi connectivity index (χ2v) is 9.07. The minimum atomic E-state index is -1.01. The number of hydrogen-bond acceptors (Lipinski definition) is 4. The number of ketones is 1. The Morgan fingerprint density at radius 3 is 2.62 bits per heavy atom. The Hall–Kier alpha value is -2.14. The molecule has 0 aromatic rings. The summed E-state index contributed by atoms with van der Waals surface area (Å²) in [5, 5.41) is 23.8. The molecular weight excluding hydrogens is 366 g/mol. The molecule has 0 spiro atoms. The van der Waals surface area contributed by atoms with Gasteiger partial charge in [-0.05, 0) is 44.4 Å². The van der Waals surface area contributed by atoms with Gasteiger partial charge >= 0.3 is 0 Å². The van der Waals surface area contributed by atoms with E-state index >= 15 is 0 Å². The maximum absolute atomic E-state index is 12.9. The van der Waals surface area contributed by atoms with Crippen molar-refractivity contribution in [1.82, 2.24) is 5.32 Å². The van der Waals surface area contributed by atoms with Crippen molar-refractivity contribution in [3.05, 3.63) is 47.8 Å². The summed E-state index contributed by atoms with van der Waals surface area (Å²) in [4.78, 5) is 25.5. The zero-order chi connectivity index (χ0) is 21.3. The SMILES string of the molecule is C/C=C/C=C/C1C=CC2CC(C)CCC2C1(C)/C(O)=C1/C(=O)NC(C(C)O)C1=O. The van der Waals surface area contributed by atoms with Crippen LogP contribution in [0.15, 0.2) is 47.8 Å². The molecule has 3 aliphatic rings. The molecule has 5 heteroatoms. The predicted octanol–water partition coefficient (Wildman–Crippen LogP) is 3.62. The zero-order valence-corrected chi connectivity index (χ0v) is 17.8. The molecule has 2 fully saturated rings. The van der Waals surface area contributed by atoms with Crippen LogP contribution in [-0.4, -0.2) is 34.0 Å². The third kappa shape index (κ3) is 3.73. The Labute approximate surface area is 173 Å². The first-order valence-corrected chi connectivity index (χ1v) is 10.7. The Morgan fingerprint density at radius 1 is 1.28 bits per heavy atom. The third-order valence-electron chi connectivity index (χ3n) is 7.08. The van der Waals surface area contributed by atoms with Crippen LogP contribution < -0.4 is 5.32 Å². The van der Waals surface area contributed by atoms with Crippen LogP contribution in [0.5, 0.6) is 0 Å². The molecule has 7 unspecified atom stereocenters. The van der Waals surface area contributed by atoms with Gasteiger partial charge in [0.15, 0.2) is 5.78 Å². The van der Waals surface area contributed by atoms with Gasteiger partial charge in [0.25, 0.3) is 5.91 Å². The van der Waals surface area contributed by atoms with Gasteiger partial charge in [-0.2, -0.15) is 0 Å². The van der Waals surface area contributed by atoms with Crippen LogP contribution in [0.1, 0.15) is 47.0 Å². The van der Waals surface area contributed by atoms with Crippen molar-refractivity contribution in [2.24, 2.45) is 29.1 Å². The number of amides is 1. The van der Waals surface area contributed by atoms with Crippen LogP contribution in [0, 0.1) is 29.1 Å². The molecule has 0 aromatic carbocycles. The van der Waals surface area contributed by atoms with E-state index in [1.807, 2.05) is 38.2 Å². The number of aliphatic hydroxyl groups excluding tert-OH is 2. The minimum Gasteiger partial charge on any atom is -0.511 e. The van der Waals surface area contributed by atoms with Crippen LogP contribution in [0.3, 0.4) is 0 Å². The highest BCUT2D eigenvalue weighted by atomic mass is 16.3. The van der Waals surface area contributed by atoms with Crippen LogP contribution >= 0.6 is 0 Å². The quantitative estimate of drug-likeness (QED) is 0.222. The molecule has 3 N–H and O–H groups in total. The monoisotopic (exact) mass is 399 g/mol. The van der Waals surface area contributed by atoms with E-state index in [2.05, 4.69) is 24.4 Å². The van der Waals surface area contributed by atoms with Crippen molar-refractivity contribution in [3.8, 4) is 0 Å². The van der Waals surface area contributed by atoms with Gasteiger partial charge in [-0.1, -0.05) is 56.7 Å². The molecule has 0 bridgehead atoms. The van der Waals surface area contributed by atoms with Crippen molar-refractivity contribution in [1.29, 1.82) is 0 Å². The maximum atomic E-state index is 12.9. The topological polar surface area (TPSA) is 86.6 Å². The number of Topliss-reactive ketones (excluding diaryl/α,β-unsaturated/α-hetero) is 1. The van der Waals surface area contributed by atoms with E-state index in [9.17, 15) is 19.8 Å². The van der Waals surface area contributed by atoms with Crippen molar-refractivity contribution < 1.29 is 19.8 Å². The molecule has 0 radical (unpaired) electrons. The number of hydrogen-bond donors (Lipinski definition) is 3. The number of carbonyl (C=O) groups excluding carboxylic acids is 2. The van der Waals surface area contributed by atoms with E-state index in [1.165, 1.54) is 6.92 Å². The second-order valence-electron chi connectivity index (χ2n) is 9.07.